The number of aromatic nitrogens is 1. The molecule has 0 amide bonds. The minimum absolute atomic E-state index is 0.587. The monoisotopic (exact) mass is 168 g/mol. The van der Waals surface area contributed by atoms with Crippen molar-refractivity contribution in [3.8, 4) is 0 Å². The largest absolute Gasteiger partial charge is 0.375 e. The van der Waals surface area contributed by atoms with Crippen LogP contribution < -0.4 is 5.73 Å². The van der Waals surface area contributed by atoms with Crippen molar-refractivity contribution in [3.05, 3.63) is 17.0 Å². The van der Waals surface area contributed by atoms with Gasteiger partial charge in [-0.2, -0.15) is 0 Å². The number of nitrogens with zero attached hydrogens (tertiary/aromatic N) is 1. The van der Waals surface area contributed by atoms with Crippen LogP contribution in [0.4, 0.5) is 0 Å². The molecule has 0 unspecified atom stereocenters. The SMILES string of the molecule is NCCc1onc2c1CCOC2. The number of hydrogen-bond donors (Lipinski definition) is 1. The van der Waals surface area contributed by atoms with Crippen molar-refractivity contribution >= 4 is 0 Å². The molecule has 4 heteroatoms. The molecule has 4 nitrogen and oxygen atoms in total. The van der Waals surface area contributed by atoms with Crippen molar-refractivity contribution in [3.63, 3.8) is 0 Å². The van der Waals surface area contributed by atoms with Gasteiger partial charge in [0.05, 0.1) is 13.2 Å². The number of fused-ring (bicyclic) bond motifs is 1. The van der Waals surface area contributed by atoms with Crippen LogP contribution in [0.1, 0.15) is 17.0 Å². The van der Waals surface area contributed by atoms with Crippen LogP contribution in [-0.4, -0.2) is 18.3 Å². The molecular weight excluding hydrogens is 156 g/mol. The van der Waals surface area contributed by atoms with Gasteiger partial charge in [0.2, 0.25) is 0 Å². The van der Waals surface area contributed by atoms with Gasteiger partial charge < -0.3 is 15.0 Å². The molecule has 1 aliphatic heterocycles. The van der Waals surface area contributed by atoms with Crippen LogP contribution >= 0.6 is 0 Å². The number of rotatable bonds is 2. The molecule has 0 fully saturated rings. The van der Waals surface area contributed by atoms with Crippen LogP contribution in [-0.2, 0) is 24.2 Å². The molecule has 0 saturated heterocycles. The highest BCUT2D eigenvalue weighted by Gasteiger charge is 2.18. The molecule has 1 aliphatic rings. The van der Waals surface area contributed by atoms with Crippen molar-refractivity contribution in [1.29, 1.82) is 0 Å². The molecule has 2 rings (SSSR count). The fraction of sp³-hybridized carbons (Fsp3) is 0.625. The van der Waals surface area contributed by atoms with E-state index in [4.69, 9.17) is 15.0 Å². The van der Waals surface area contributed by atoms with Gasteiger partial charge in [0.1, 0.15) is 11.5 Å². The minimum Gasteiger partial charge on any atom is -0.375 e. The molecule has 2 heterocycles. The van der Waals surface area contributed by atoms with E-state index in [0.717, 1.165) is 30.9 Å². The van der Waals surface area contributed by atoms with Crippen LogP contribution in [0.3, 0.4) is 0 Å². The minimum atomic E-state index is 0.587. The van der Waals surface area contributed by atoms with Crippen LogP contribution in [0.2, 0.25) is 0 Å². The van der Waals surface area contributed by atoms with E-state index >= 15 is 0 Å². The molecule has 0 radical (unpaired) electrons. The number of hydrogen-bond acceptors (Lipinski definition) is 4. The second kappa shape index (κ2) is 3.25. The highest BCUT2D eigenvalue weighted by atomic mass is 16.5. The molecule has 1 aromatic rings. The Balaban J connectivity index is 2.25. The van der Waals surface area contributed by atoms with E-state index in [1.54, 1.807) is 0 Å². The lowest BCUT2D eigenvalue weighted by atomic mass is 10.1. The molecule has 0 atom stereocenters. The second-order valence-electron chi connectivity index (χ2n) is 2.87. The summed E-state index contributed by atoms with van der Waals surface area (Å²) in [6.45, 7) is 1.97. The van der Waals surface area contributed by atoms with Crippen molar-refractivity contribution < 1.29 is 9.26 Å². The van der Waals surface area contributed by atoms with Gasteiger partial charge in [-0.1, -0.05) is 5.16 Å². The Morgan fingerprint density at radius 1 is 1.50 bits per heavy atom. The molecule has 0 bridgehead atoms. The standard InChI is InChI=1S/C8H12N2O2/c9-3-1-8-6-2-4-11-5-7(6)10-12-8/h1-5,9H2. The smallest absolute Gasteiger partial charge is 0.141 e. The van der Waals surface area contributed by atoms with E-state index < -0.39 is 0 Å². The van der Waals surface area contributed by atoms with Gasteiger partial charge >= 0.3 is 0 Å². The van der Waals surface area contributed by atoms with Crippen LogP contribution in [0.15, 0.2) is 4.52 Å². The molecule has 1 aromatic heterocycles. The highest BCUT2D eigenvalue weighted by molar-refractivity contribution is 5.24. The van der Waals surface area contributed by atoms with Gasteiger partial charge in [0.25, 0.3) is 0 Å². The molecule has 2 N–H and O–H groups in total. The lowest BCUT2D eigenvalue weighted by Crippen LogP contribution is -2.11. The van der Waals surface area contributed by atoms with Gasteiger partial charge in [0.15, 0.2) is 0 Å². The zero-order valence-electron chi connectivity index (χ0n) is 6.88. The summed E-state index contributed by atoms with van der Waals surface area (Å²) in [7, 11) is 0. The lowest BCUT2D eigenvalue weighted by molar-refractivity contribution is 0.107. The summed E-state index contributed by atoms with van der Waals surface area (Å²) >= 11 is 0. The fourth-order valence-electron chi connectivity index (χ4n) is 1.45. The van der Waals surface area contributed by atoms with Crippen LogP contribution in [0, 0.1) is 0 Å². The maximum Gasteiger partial charge on any atom is 0.141 e. The third-order valence-corrected chi connectivity index (χ3v) is 2.06. The van der Waals surface area contributed by atoms with Crippen molar-refractivity contribution in [1.82, 2.24) is 5.16 Å². The predicted octanol–water partition coefficient (Wildman–Crippen LogP) is 0.248. The Morgan fingerprint density at radius 2 is 2.42 bits per heavy atom. The Hall–Kier alpha value is -0.870. The molecule has 0 aliphatic carbocycles. The normalized spacial score (nSPS) is 16.1. The summed E-state index contributed by atoms with van der Waals surface area (Å²) in [5.41, 5.74) is 7.60. The van der Waals surface area contributed by atoms with E-state index in [-0.39, 0.29) is 0 Å². The lowest BCUT2D eigenvalue weighted by Gasteiger charge is -2.09. The summed E-state index contributed by atoms with van der Waals surface area (Å²) in [5, 5.41) is 3.92. The predicted molar refractivity (Wildman–Crippen MR) is 42.6 cm³/mol. The van der Waals surface area contributed by atoms with Crippen molar-refractivity contribution in [2.75, 3.05) is 13.2 Å². The quantitative estimate of drug-likeness (QED) is 0.687. The van der Waals surface area contributed by atoms with Gasteiger partial charge in [-0.3, -0.25) is 0 Å². The molecular formula is C8H12N2O2. The molecule has 0 saturated carbocycles. The third kappa shape index (κ3) is 1.23. The fourth-order valence-corrected chi connectivity index (χ4v) is 1.45. The zero-order chi connectivity index (χ0) is 8.39. The molecule has 12 heavy (non-hydrogen) atoms. The maximum atomic E-state index is 5.43. The van der Waals surface area contributed by atoms with E-state index in [1.165, 1.54) is 5.56 Å². The van der Waals surface area contributed by atoms with Crippen molar-refractivity contribution in [2.45, 2.75) is 19.4 Å². The van der Waals surface area contributed by atoms with Gasteiger partial charge in [-0.15, -0.1) is 0 Å². The summed E-state index contributed by atoms with van der Waals surface area (Å²) < 4.78 is 10.4. The first kappa shape index (κ1) is 7.76. The van der Waals surface area contributed by atoms with Gasteiger partial charge in [-0.25, -0.2) is 0 Å². The molecule has 0 spiro atoms. The first-order chi connectivity index (χ1) is 5.92. The molecule has 66 valence electrons. The summed E-state index contributed by atoms with van der Waals surface area (Å²) in [6.07, 6.45) is 1.69. The number of nitrogens with two attached hydrogens (primary N) is 1. The Morgan fingerprint density at radius 3 is 3.25 bits per heavy atom. The first-order valence-electron chi connectivity index (χ1n) is 4.16. The van der Waals surface area contributed by atoms with E-state index in [2.05, 4.69) is 5.16 Å². The topological polar surface area (TPSA) is 61.3 Å². The summed E-state index contributed by atoms with van der Waals surface area (Å²) in [5.74, 6) is 0.941. The van der Waals surface area contributed by atoms with E-state index in [1.807, 2.05) is 0 Å². The van der Waals surface area contributed by atoms with Crippen molar-refractivity contribution in [2.24, 2.45) is 5.73 Å². The Bertz CT molecular complexity index is 270. The van der Waals surface area contributed by atoms with Crippen LogP contribution in [0.5, 0.6) is 0 Å². The third-order valence-electron chi connectivity index (χ3n) is 2.06. The van der Waals surface area contributed by atoms with Gasteiger partial charge in [0, 0.05) is 18.4 Å². The van der Waals surface area contributed by atoms with Crippen LogP contribution in [0.25, 0.3) is 0 Å². The van der Waals surface area contributed by atoms with E-state index in [9.17, 15) is 0 Å². The summed E-state index contributed by atoms with van der Waals surface area (Å²) in [4.78, 5) is 0. The average molecular weight is 168 g/mol. The van der Waals surface area contributed by atoms with E-state index in [0.29, 0.717) is 13.2 Å². The van der Waals surface area contributed by atoms with Gasteiger partial charge in [-0.05, 0) is 6.54 Å². The Labute approximate surface area is 70.7 Å². The first-order valence-corrected chi connectivity index (χ1v) is 4.16. The number of ether oxygens (including phenoxy) is 1. The summed E-state index contributed by atoms with van der Waals surface area (Å²) in [6, 6.07) is 0. The zero-order valence-corrected chi connectivity index (χ0v) is 6.88. The molecule has 0 aromatic carbocycles. The highest BCUT2D eigenvalue weighted by Crippen LogP contribution is 2.19. The average Bonchev–Trinajstić information content (AvgIpc) is 2.50. The second-order valence-corrected chi connectivity index (χ2v) is 2.87. The Kier molecular flexibility index (Phi) is 2.10. The maximum absolute atomic E-state index is 5.43.